The zero-order valence-corrected chi connectivity index (χ0v) is 11.3. The van der Waals surface area contributed by atoms with E-state index in [4.69, 9.17) is 5.11 Å². The van der Waals surface area contributed by atoms with Crippen LogP contribution in [-0.4, -0.2) is 23.0 Å². The molecule has 1 amide bonds. The summed E-state index contributed by atoms with van der Waals surface area (Å²) in [5, 5.41) is 11.6. The summed E-state index contributed by atoms with van der Waals surface area (Å²) < 4.78 is 0. The molecule has 0 spiro atoms. The summed E-state index contributed by atoms with van der Waals surface area (Å²) in [5.74, 6) is -0.425. The second-order valence-corrected chi connectivity index (χ2v) is 5.38. The fourth-order valence-corrected chi connectivity index (χ4v) is 2.53. The van der Waals surface area contributed by atoms with Gasteiger partial charge in [-0.05, 0) is 32.6 Å². The van der Waals surface area contributed by atoms with Gasteiger partial charge in [-0.1, -0.05) is 25.7 Å². The van der Waals surface area contributed by atoms with Gasteiger partial charge in [0.25, 0.3) is 0 Å². The van der Waals surface area contributed by atoms with E-state index in [2.05, 4.69) is 5.32 Å². The number of hydrogen-bond acceptors (Lipinski definition) is 2. The number of aliphatic carboxylic acids is 1. The number of amides is 1. The predicted octanol–water partition coefficient (Wildman–Crippen LogP) is 2.72. The van der Waals surface area contributed by atoms with Crippen LogP contribution in [0.4, 0.5) is 0 Å². The molecule has 4 heteroatoms. The van der Waals surface area contributed by atoms with E-state index in [1.165, 1.54) is 12.8 Å². The van der Waals surface area contributed by atoms with Gasteiger partial charge in [-0.15, -0.1) is 0 Å². The maximum atomic E-state index is 12.0. The molecule has 1 unspecified atom stereocenters. The van der Waals surface area contributed by atoms with Crippen LogP contribution in [0.3, 0.4) is 0 Å². The fourth-order valence-electron chi connectivity index (χ4n) is 2.53. The van der Waals surface area contributed by atoms with Crippen molar-refractivity contribution in [2.75, 3.05) is 0 Å². The number of hydrogen-bond donors (Lipinski definition) is 2. The smallest absolute Gasteiger partial charge is 0.303 e. The van der Waals surface area contributed by atoms with Crippen LogP contribution in [0.15, 0.2) is 0 Å². The van der Waals surface area contributed by atoms with E-state index in [1.807, 2.05) is 6.92 Å². The summed E-state index contributed by atoms with van der Waals surface area (Å²) in [5.41, 5.74) is 0. The molecule has 0 heterocycles. The van der Waals surface area contributed by atoms with Crippen molar-refractivity contribution in [3.8, 4) is 0 Å². The van der Waals surface area contributed by atoms with Gasteiger partial charge in [-0.2, -0.15) is 0 Å². The van der Waals surface area contributed by atoms with Gasteiger partial charge in [-0.3, -0.25) is 9.59 Å². The highest BCUT2D eigenvalue weighted by atomic mass is 16.4. The third kappa shape index (κ3) is 6.03. The van der Waals surface area contributed by atoms with E-state index >= 15 is 0 Å². The van der Waals surface area contributed by atoms with Crippen LogP contribution in [0.5, 0.6) is 0 Å². The zero-order valence-electron chi connectivity index (χ0n) is 11.3. The maximum absolute atomic E-state index is 12.0. The van der Waals surface area contributed by atoms with Crippen LogP contribution in [0.1, 0.15) is 64.7 Å². The van der Waals surface area contributed by atoms with Crippen molar-refractivity contribution < 1.29 is 14.7 Å². The van der Waals surface area contributed by atoms with E-state index in [0.29, 0.717) is 6.42 Å². The minimum Gasteiger partial charge on any atom is -0.481 e. The average molecular weight is 255 g/mol. The molecule has 1 aliphatic rings. The number of carboxylic acid groups (broad SMARTS) is 1. The number of carbonyl (C=O) groups excluding carboxylic acids is 1. The van der Waals surface area contributed by atoms with Gasteiger partial charge in [0.2, 0.25) is 5.91 Å². The molecule has 18 heavy (non-hydrogen) atoms. The Kier molecular flexibility index (Phi) is 6.76. The number of rotatable bonds is 6. The molecular formula is C14H25NO3. The van der Waals surface area contributed by atoms with Gasteiger partial charge < -0.3 is 10.4 Å². The number of carbonyl (C=O) groups is 2. The van der Waals surface area contributed by atoms with Crippen molar-refractivity contribution in [2.45, 2.75) is 70.8 Å². The third-order valence-electron chi connectivity index (χ3n) is 3.64. The van der Waals surface area contributed by atoms with Gasteiger partial charge in [0.05, 0.1) is 0 Å². The van der Waals surface area contributed by atoms with Crippen molar-refractivity contribution in [3.05, 3.63) is 0 Å². The van der Waals surface area contributed by atoms with Crippen LogP contribution in [0, 0.1) is 5.92 Å². The maximum Gasteiger partial charge on any atom is 0.303 e. The standard InChI is InChI=1S/C14H25NO3/c1-11(7-6-10-13(16)17)15-14(18)12-8-4-2-3-5-9-12/h11-12H,2-10H2,1H3,(H,15,18)(H,16,17). The molecule has 0 aliphatic heterocycles. The summed E-state index contributed by atoms with van der Waals surface area (Å²) in [6.07, 6.45) is 8.38. The molecule has 1 atom stereocenters. The van der Waals surface area contributed by atoms with Gasteiger partial charge in [0.15, 0.2) is 0 Å². The highest BCUT2D eigenvalue weighted by Gasteiger charge is 2.21. The molecule has 4 nitrogen and oxygen atoms in total. The lowest BCUT2D eigenvalue weighted by Gasteiger charge is -2.18. The zero-order chi connectivity index (χ0) is 13.4. The van der Waals surface area contributed by atoms with Crippen molar-refractivity contribution in [1.29, 1.82) is 0 Å². The topological polar surface area (TPSA) is 66.4 Å². The summed E-state index contributed by atoms with van der Waals surface area (Å²) in [7, 11) is 0. The summed E-state index contributed by atoms with van der Waals surface area (Å²) >= 11 is 0. The van der Waals surface area contributed by atoms with Crippen LogP contribution >= 0.6 is 0 Å². The van der Waals surface area contributed by atoms with Crippen LogP contribution in [-0.2, 0) is 9.59 Å². The highest BCUT2D eigenvalue weighted by Crippen LogP contribution is 2.23. The Labute approximate surface area is 109 Å². The lowest BCUT2D eigenvalue weighted by Crippen LogP contribution is -2.37. The summed E-state index contributed by atoms with van der Waals surface area (Å²) in [6, 6.07) is 0.0834. The first kappa shape index (κ1) is 15.0. The van der Waals surface area contributed by atoms with Crippen molar-refractivity contribution in [2.24, 2.45) is 5.92 Å². The molecule has 0 aromatic heterocycles. The van der Waals surface area contributed by atoms with E-state index in [9.17, 15) is 9.59 Å². The Bertz CT molecular complexity index is 270. The van der Waals surface area contributed by atoms with E-state index in [1.54, 1.807) is 0 Å². The second kappa shape index (κ2) is 8.11. The van der Waals surface area contributed by atoms with Crippen molar-refractivity contribution in [1.82, 2.24) is 5.32 Å². The van der Waals surface area contributed by atoms with Gasteiger partial charge in [0, 0.05) is 18.4 Å². The van der Waals surface area contributed by atoms with Crippen LogP contribution in [0.25, 0.3) is 0 Å². The molecule has 0 bridgehead atoms. The normalized spacial score (nSPS) is 18.9. The number of nitrogens with one attached hydrogen (secondary N) is 1. The van der Waals surface area contributed by atoms with Gasteiger partial charge in [-0.25, -0.2) is 0 Å². The van der Waals surface area contributed by atoms with E-state index in [-0.39, 0.29) is 24.3 Å². The Hall–Kier alpha value is -1.06. The van der Waals surface area contributed by atoms with E-state index < -0.39 is 5.97 Å². The SMILES string of the molecule is CC(CCCC(=O)O)NC(=O)C1CCCCCC1. The molecule has 1 aliphatic carbocycles. The Morgan fingerprint density at radius 2 is 1.83 bits per heavy atom. The fraction of sp³-hybridized carbons (Fsp3) is 0.857. The third-order valence-corrected chi connectivity index (χ3v) is 3.64. The second-order valence-electron chi connectivity index (χ2n) is 5.38. The Balaban J connectivity index is 2.22. The minimum atomic E-state index is -0.766. The summed E-state index contributed by atoms with van der Waals surface area (Å²) in [4.78, 5) is 22.4. The van der Waals surface area contributed by atoms with Crippen LogP contribution < -0.4 is 5.32 Å². The number of carboxylic acids is 1. The molecule has 0 saturated heterocycles. The average Bonchev–Trinajstić information content (AvgIpc) is 2.56. The first-order valence-corrected chi connectivity index (χ1v) is 7.11. The summed E-state index contributed by atoms with van der Waals surface area (Å²) in [6.45, 7) is 1.95. The quantitative estimate of drug-likeness (QED) is 0.717. The lowest BCUT2D eigenvalue weighted by molar-refractivity contribution is -0.137. The predicted molar refractivity (Wildman–Crippen MR) is 70.3 cm³/mol. The van der Waals surface area contributed by atoms with E-state index in [0.717, 1.165) is 32.1 Å². The molecule has 0 radical (unpaired) electrons. The van der Waals surface area contributed by atoms with Crippen molar-refractivity contribution in [3.63, 3.8) is 0 Å². The first-order valence-electron chi connectivity index (χ1n) is 7.11. The molecule has 0 aromatic carbocycles. The largest absolute Gasteiger partial charge is 0.481 e. The molecular weight excluding hydrogens is 230 g/mol. The Morgan fingerprint density at radius 3 is 2.39 bits per heavy atom. The van der Waals surface area contributed by atoms with Gasteiger partial charge in [0.1, 0.15) is 0 Å². The lowest BCUT2D eigenvalue weighted by atomic mass is 9.99. The first-order chi connectivity index (χ1) is 8.59. The van der Waals surface area contributed by atoms with Gasteiger partial charge >= 0.3 is 5.97 Å². The molecule has 1 fully saturated rings. The highest BCUT2D eigenvalue weighted by molar-refractivity contribution is 5.78. The Morgan fingerprint density at radius 1 is 1.22 bits per heavy atom. The molecule has 1 rings (SSSR count). The molecule has 0 aromatic rings. The monoisotopic (exact) mass is 255 g/mol. The van der Waals surface area contributed by atoms with Crippen molar-refractivity contribution >= 4 is 11.9 Å². The minimum absolute atomic E-state index is 0.0834. The molecule has 2 N–H and O–H groups in total. The van der Waals surface area contributed by atoms with Crippen LogP contribution in [0.2, 0.25) is 0 Å². The molecule has 1 saturated carbocycles. The molecule has 104 valence electrons.